The number of anilines is 1. The number of thiophene rings is 1. The SMILES string of the molecule is Cc1cccc(N(C(=O)Cn2nnc3ccccc32)[C@H](C(=O)NC2CCCC2)c2cccs2)c1. The summed E-state index contributed by atoms with van der Waals surface area (Å²) in [4.78, 5) is 30.0. The smallest absolute Gasteiger partial charge is 0.249 e. The van der Waals surface area contributed by atoms with Gasteiger partial charge in [-0.25, -0.2) is 4.68 Å². The van der Waals surface area contributed by atoms with E-state index in [2.05, 4.69) is 15.6 Å². The molecule has 0 bridgehead atoms. The van der Waals surface area contributed by atoms with E-state index in [0.717, 1.165) is 47.2 Å². The quantitative estimate of drug-likeness (QED) is 0.424. The molecule has 0 saturated heterocycles. The van der Waals surface area contributed by atoms with Crippen LogP contribution in [0.5, 0.6) is 0 Å². The predicted molar refractivity (Wildman–Crippen MR) is 134 cm³/mol. The minimum absolute atomic E-state index is 0.0208. The first-order valence-corrected chi connectivity index (χ1v) is 12.5. The summed E-state index contributed by atoms with van der Waals surface area (Å²) < 4.78 is 1.60. The summed E-state index contributed by atoms with van der Waals surface area (Å²) in [5.41, 5.74) is 3.21. The number of carbonyl (C=O) groups excluding carboxylic acids is 2. The van der Waals surface area contributed by atoms with Crippen LogP contribution in [0.2, 0.25) is 0 Å². The normalized spacial score (nSPS) is 14.9. The predicted octanol–water partition coefficient (Wildman–Crippen LogP) is 4.63. The first-order chi connectivity index (χ1) is 16.6. The number of fused-ring (bicyclic) bond motifs is 1. The summed E-state index contributed by atoms with van der Waals surface area (Å²) in [6.45, 7) is 1.96. The Balaban J connectivity index is 1.54. The second kappa shape index (κ2) is 9.77. The molecule has 0 unspecified atom stereocenters. The Morgan fingerprint density at radius 1 is 1.12 bits per heavy atom. The Morgan fingerprint density at radius 2 is 1.94 bits per heavy atom. The largest absolute Gasteiger partial charge is 0.351 e. The van der Waals surface area contributed by atoms with Gasteiger partial charge in [0.25, 0.3) is 0 Å². The molecule has 2 aromatic heterocycles. The maximum absolute atomic E-state index is 13.9. The Morgan fingerprint density at radius 3 is 2.71 bits per heavy atom. The Hall–Kier alpha value is -3.52. The van der Waals surface area contributed by atoms with Crippen LogP contribution >= 0.6 is 11.3 Å². The summed E-state index contributed by atoms with van der Waals surface area (Å²) in [6.07, 6.45) is 4.20. The third kappa shape index (κ3) is 4.59. The number of rotatable bonds is 7. The van der Waals surface area contributed by atoms with Gasteiger partial charge in [0.15, 0.2) is 0 Å². The molecule has 2 amide bonds. The Bertz CT molecular complexity index is 1290. The highest BCUT2D eigenvalue weighted by molar-refractivity contribution is 7.10. The molecule has 1 saturated carbocycles. The van der Waals surface area contributed by atoms with E-state index in [9.17, 15) is 9.59 Å². The van der Waals surface area contributed by atoms with E-state index in [0.29, 0.717) is 5.69 Å². The summed E-state index contributed by atoms with van der Waals surface area (Å²) in [7, 11) is 0. The molecular weight excluding hydrogens is 446 g/mol. The molecule has 34 heavy (non-hydrogen) atoms. The molecule has 1 aliphatic rings. The van der Waals surface area contributed by atoms with Crippen LogP contribution in [0.1, 0.15) is 42.2 Å². The highest BCUT2D eigenvalue weighted by Crippen LogP contribution is 2.32. The van der Waals surface area contributed by atoms with Gasteiger partial charge in [-0.15, -0.1) is 16.4 Å². The third-order valence-corrected chi connectivity index (χ3v) is 7.20. The van der Waals surface area contributed by atoms with Gasteiger partial charge in [-0.1, -0.05) is 48.4 Å². The van der Waals surface area contributed by atoms with E-state index in [4.69, 9.17) is 0 Å². The number of nitrogens with zero attached hydrogens (tertiary/aromatic N) is 4. The molecule has 174 valence electrons. The molecule has 8 heteroatoms. The number of nitrogens with one attached hydrogen (secondary N) is 1. The number of hydrogen-bond donors (Lipinski definition) is 1. The highest BCUT2D eigenvalue weighted by Gasteiger charge is 2.35. The molecular formula is C26H27N5O2S. The van der Waals surface area contributed by atoms with E-state index in [1.807, 2.05) is 73.0 Å². The molecule has 1 N–H and O–H groups in total. The minimum atomic E-state index is -0.760. The molecule has 7 nitrogen and oxygen atoms in total. The lowest BCUT2D eigenvalue weighted by Crippen LogP contribution is -2.47. The first-order valence-electron chi connectivity index (χ1n) is 11.6. The van der Waals surface area contributed by atoms with Gasteiger partial charge in [0.1, 0.15) is 18.1 Å². The van der Waals surface area contributed by atoms with Crippen molar-refractivity contribution in [3.63, 3.8) is 0 Å². The van der Waals surface area contributed by atoms with Crippen molar-refractivity contribution >= 4 is 39.9 Å². The maximum Gasteiger partial charge on any atom is 0.249 e. The summed E-state index contributed by atoms with van der Waals surface area (Å²) in [6, 6.07) is 18.5. The molecule has 1 aliphatic carbocycles. The molecule has 0 spiro atoms. The van der Waals surface area contributed by atoms with Gasteiger partial charge in [0, 0.05) is 16.6 Å². The van der Waals surface area contributed by atoms with Gasteiger partial charge < -0.3 is 5.32 Å². The molecule has 2 aromatic carbocycles. The number of amides is 2. The van der Waals surface area contributed by atoms with Crippen molar-refractivity contribution in [2.24, 2.45) is 0 Å². The number of benzene rings is 2. The maximum atomic E-state index is 13.9. The van der Waals surface area contributed by atoms with Crippen molar-refractivity contribution in [3.8, 4) is 0 Å². The van der Waals surface area contributed by atoms with Crippen molar-refractivity contribution < 1.29 is 9.59 Å². The first kappa shape index (κ1) is 22.3. The second-order valence-corrected chi connectivity index (χ2v) is 9.73. The van der Waals surface area contributed by atoms with Crippen molar-refractivity contribution in [2.45, 2.75) is 51.2 Å². The third-order valence-electron chi connectivity index (χ3n) is 6.27. The van der Waals surface area contributed by atoms with Gasteiger partial charge in [0.05, 0.1) is 5.52 Å². The van der Waals surface area contributed by atoms with Gasteiger partial charge >= 0.3 is 0 Å². The van der Waals surface area contributed by atoms with Crippen LogP contribution in [-0.2, 0) is 16.1 Å². The summed E-state index contributed by atoms with van der Waals surface area (Å²) in [5, 5.41) is 13.5. The zero-order valence-corrected chi connectivity index (χ0v) is 19.9. The Kier molecular flexibility index (Phi) is 6.40. The lowest BCUT2D eigenvalue weighted by molar-refractivity contribution is -0.127. The lowest BCUT2D eigenvalue weighted by atomic mass is 10.1. The number of aromatic nitrogens is 3. The van der Waals surface area contributed by atoms with E-state index in [1.165, 1.54) is 11.3 Å². The fourth-order valence-electron chi connectivity index (χ4n) is 4.62. The van der Waals surface area contributed by atoms with Crippen molar-refractivity contribution in [1.29, 1.82) is 0 Å². The van der Waals surface area contributed by atoms with Crippen LogP contribution in [-0.4, -0.2) is 32.9 Å². The average molecular weight is 474 g/mol. The molecule has 5 rings (SSSR count). The number of carbonyl (C=O) groups is 2. The fraction of sp³-hybridized carbons (Fsp3) is 0.308. The summed E-state index contributed by atoms with van der Waals surface area (Å²) in [5.74, 6) is -0.367. The van der Waals surface area contributed by atoms with Gasteiger partial charge in [-0.3, -0.25) is 14.5 Å². The van der Waals surface area contributed by atoms with E-state index >= 15 is 0 Å². The molecule has 0 aliphatic heterocycles. The van der Waals surface area contributed by atoms with Crippen molar-refractivity contribution in [1.82, 2.24) is 20.3 Å². The average Bonchev–Trinajstić information content (AvgIpc) is 3.60. The molecule has 1 atom stereocenters. The van der Waals surface area contributed by atoms with Crippen LogP contribution in [0.25, 0.3) is 11.0 Å². The van der Waals surface area contributed by atoms with Crippen molar-refractivity contribution in [2.75, 3.05) is 4.90 Å². The highest BCUT2D eigenvalue weighted by atomic mass is 32.1. The topological polar surface area (TPSA) is 80.1 Å². The van der Waals surface area contributed by atoms with E-state index < -0.39 is 6.04 Å². The van der Waals surface area contributed by atoms with E-state index in [1.54, 1.807) is 9.58 Å². The van der Waals surface area contributed by atoms with Crippen LogP contribution in [0.15, 0.2) is 66.0 Å². The number of hydrogen-bond acceptors (Lipinski definition) is 5. The number of para-hydroxylation sites is 1. The van der Waals surface area contributed by atoms with Gasteiger partial charge in [-0.2, -0.15) is 0 Å². The monoisotopic (exact) mass is 473 g/mol. The molecule has 2 heterocycles. The van der Waals surface area contributed by atoms with Crippen molar-refractivity contribution in [3.05, 3.63) is 76.5 Å². The van der Waals surface area contributed by atoms with Crippen LogP contribution in [0, 0.1) is 6.92 Å². The molecule has 4 aromatic rings. The molecule has 1 fully saturated rings. The number of aryl methyl sites for hydroxylation is 1. The second-order valence-electron chi connectivity index (χ2n) is 8.75. The lowest BCUT2D eigenvalue weighted by Gasteiger charge is -2.31. The zero-order chi connectivity index (χ0) is 23.5. The minimum Gasteiger partial charge on any atom is -0.351 e. The van der Waals surface area contributed by atoms with Gasteiger partial charge in [0.2, 0.25) is 11.8 Å². The molecule has 0 radical (unpaired) electrons. The van der Waals surface area contributed by atoms with Gasteiger partial charge in [-0.05, 0) is 61.0 Å². The van der Waals surface area contributed by atoms with Crippen LogP contribution in [0.4, 0.5) is 5.69 Å². The zero-order valence-electron chi connectivity index (χ0n) is 19.1. The van der Waals surface area contributed by atoms with Crippen LogP contribution in [0.3, 0.4) is 0 Å². The Labute approximate surface area is 202 Å². The standard InChI is InChI=1S/C26H27N5O2S/c1-18-8-6-11-20(16-18)31(24(32)17-30-22-13-5-4-12-21(22)28-29-30)25(23-14-7-15-34-23)26(33)27-19-9-2-3-10-19/h4-8,11-16,19,25H,2-3,9-10,17H2,1H3,(H,27,33)/t25-/m0/s1. The van der Waals surface area contributed by atoms with E-state index in [-0.39, 0.29) is 24.4 Å². The fourth-order valence-corrected chi connectivity index (χ4v) is 5.44. The summed E-state index contributed by atoms with van der Waals surface area (Å²) >= 11 is 1.48. The van der Waals surface area contributed by atoms with Crippen LogP contribution < -0.4 is 10.2 Å².